The third-order valence-corrected chi connectivity index (χ3v) is 3.05. The predicted molar refractivity (Wildman–Crippen MR) is 66.7 cm³/mol. The number of nitriles is 1. The summed E-state index contributed by atoms with van der Waals surface area (Å²) in [6.45, 7) is 3.90. The minimum Gasteiger partial charge on any atom is -0.301 e. The summed E-state index contributed by atoms with van der Waals surface area (Å²) in [4.78, 5) is 1.86. The molecule has 1 aromatic rings. The van der Waals surface area contributed by atoms with Gasteiger partial charge in [0.2, 0.25) is 0 Å². The van der Waals surface area contributed by atoms with Gasteiger partial charge in [-0.2, -0.15) is 5.26 Å². The minimum absolute atomic E-state index is 0.135. The lowest BCUT2D eigenvalue weighted by atomic mass is 9.85. The number of nitrogens with zero attached hydrogens (tertiary/aromatic N) is 2. The Morgan fingerprint density at radius 2 is 1.78 bits per heavy atom. The highest BCUT2D eigenvalue weighted by molar-refractivity contribution is 5.23. The first kappa shape index (κ1) is 14.6. The summed E-state index contributed by atoms with van der Waals surface area (Å²) in [7, 11) is 3.66. The molecule has 2 unspecified atom stereocenters. The van der Waals surface area contributed by atoms with Crippen molar-refractivity contribution >= 4 is 0 Å². The van der Waals surface area contributed by atoms with Gasteiger partial charge in [0.25, 0.3) is 0 Å². The zero-order chi connectivity index (χ0) is 13.9. The SMILES string of the molecule is CC(C)C(C#N)C(c1ccc(F)c(F)c1)N(C)C. The van der Waals surface area contributed by atoms with Crippen molar-refractivity contribution < 1.29 is 8.78 Å². The number of rotatable bonds is 4. The van der Waals surface area contributed by atoms with Crippen LogP contribution in [0.5, 0.6) is 0 Å². The average molecular weight is 252 g/mol. The van der Waals surface area contributed by atoms with E-state index in [2.05, 4.69) is 6.07 Å². The van der Waals surface area contributed by atoms with Crippen molar-refractivity contribution in [3.63, 3.8) is 0 Å². The molecule has 0 N–H and O–H groups in total. The third-order valence-electron chi connectivity index (χ3n) is 3.05. The van der Waals surface area contributed by atoms with E-state index in [1.165, 1.54) is 12.1 Å². The summed E-state index contributed by atoms with van der Waals surface area (Å²) in [5.74, 6) is -1.88. The highest BCUT2D eigenvalue weighted by Gasteiger charge is 2.28. The molecule has 4 heteroatoms. The van der Waals surface area contributed by atoms with E-state index in [1.807, 2.05) is 32.8 Å². The maximum absolute atomic E-state index is 13.3. The highest BCUT2D eigenvalue weighted by Crippen LogP contribution is 2.32. The predicted octanol–water partition coefficient (Wildman–Crippen LogP) is 3.36. The van der Waals surface area contributed by atoms with Gasteiger partial charge < -0.3 is 4.90 Å². The van der Waals surface area contributed by atoms with Crippen molar-refractivity contribution in [2.24, 2.45) is 11.8 Å². The number of halogens is 2. The smallest absolute Gasteiger partial charge is 0.159 e. The Morgan fingerprint density at radius 3 is 2.17 bits per heavy atom. The van der Waals surface area contributed by atoms with Crippen LogP contribution in [0.2, 0.25) is 0 Å². The van der Waals surface area contributed by atoms with E-state index in [0.717, 1.165) is 6.07 Å². The van der Waals surface area contributed by atoms with Crippen molar-refractivity contribution in [3.8, 4) is 6.07 Å². The molecule has 0 aliphatic rings. The number of hydrogen-bond donors (Lipinski definition) is 0. The molecule has 0 aliphatic heterocycles. The summed E-state index contributed by atoms with van der Waals surface area (Å²) in [6.07, 6.45) is 0. The maximum Gasteiger partial charge on any atom is 0.159 e. The summed E-state index contributed by atoms with van der Waals surface area (Å²) >= 11 is 0. The molecule has 2 nitrogen and oxygen atoms in total. The van der Waals surface area contributed by atoms with Gasteiger partial charge in [-0.05, 0) is 37.7 Å². The Balaban J connectivity index is 3.20. The first-order chi connectivity index (χ1) is 8.38. The maximum atomic E-state index is 13.3. The highest BCUT2D eigenvalue weighted by atomic mass is 19.2. The van der Waals surface area contributed by atoms with Gasteiger partial charge in [-0.25, -0.2) is 8.78 Å². The first-order valence-corrected chi connectivity index (χ1v) is 5.89. The summed E-state index contributed by atoms with van der Waals surface area (Å²) in [6, 6.07) is 5.83. The van der Waals surface area contributed by atoms with Crippen LogP contribution in [-0.2, 0) is 0 Å². The molecule has 1 rings (SSSR count). The Kier molecular flexibility index (Phi) is 4.80. The molecule has 0 heterocycles. The monoisotopic (exact) mass is 252 g/mol. The van der Waals surface area contributed by atoms with Crippen LogP contribution < -0.4 is 0 Å². The van der Waals surface area contributed by atoms with Crippen LogP contribution in [0.3, 0.4) is 0 Å². The average Bonchev–Trinajstić information content (AvgIpc) is 2.28. The molecule has 0 amide bonds. The van der Waals surface area contributed by atoms with E-state index >= 15 is 0 Å². The van der Waals surface area contributed by atoms with E-state index in [4.69, 9.17) is 0 Å². The topological polar surface area (TPSA) is 27.0 Å². The lowest BCUT2D eigenvalue weighted by Crippen LogP contribution is -2.29. The van der Waals surface area contributed by atoms with Gasteiger partial charge in [0.15, 0.2) is 11.6 Å². The molecular formula is C14H18F2N2. The van der Waals surface area contributed by atoms with Crippen LogP contribution in [0.25, 0.3) is 0 Å². The Labute approximate surface area is 107 Å². The fourth-order valence-corrected chi connectivity index (χ4v) is 2.11. The zero-order valence-electron chi connectivity index (χ0n) is 11.1. The van der Waals surface area contributed by atoms with Gasteiger partial charge in [0, 0.05) is 0 Å². The second kappa shape index (κ2) is 5.92. The van der Waals surface area contributed by atoms with Crippen LogP contribution in [-0.4, -0.2) is 19.0 Å². The first-order valence-electron chi connectivity index (χ1n) is 5.89. The van der Waals surface area contributed by atoms with E-state index in [0.29, 0.717) is 5.56 Å². The van der Waals surface area contributed by atoms with Crippen LogP contribution in [0.15, 0.2) is 18.2 Å². The van der Waals surface area contributed by atoms with Crippen molar-refractivity contribution in [1.29, 1.82) is 5.26 Å². The lowest BCUT2D eigenvalue weighted by molar-refractivity contribution is 0.209. The molecule has 0 bridgehead atoms. The number of benzene rings is 1. The minimum atomic E-state index is -0.875. The molecule has 0 saturated heterocycles. The van der Waals surface area contributed by atoms with Crippen LogP contribution in [0.4, 0.5) is 8.78 Å². The molecule has 2 atom stereocenters. The Bertz CT molecular complexity index is 450. The largest absolute Gasteiger partial charge is 0.301 e. The van der Waals surface area contributed by atoms with Gasteiger partial charge in [0.1, 0.15) is 0 Å². The van der Waals surface area contributed by atoms with E-state index in [9.17, 15) is 14.0 Å². The van der Waals surface area contributed by atoms with E-state index < -0.39 is 11.6 Å². The molecular weight excluding hydrogens is 234 g/mol. The van der Waals surface area contributed by atoms with Gasteiger partial charge in [0.05, 0.1) is 18.0 Å². The van der Waals surface area contributed by atoms with E-state index in [1.54, 1.807) is 0 Å². The van der Waals surface area contributed by atoms with Crippen molar-refractivity contribution in [1.82, 2.24) is 4.90 Å². The molecule has 0 saturated carbocycles. The van der Waals surface area contributed by atoms with Gasteiger partial charge in [-0.3, -0.25) is 0 Å². The zero-order valence-corrected chi connectivity index (χ0v) is 11.1. The van der Waals surface area contributed by atoms with Crippen molar-refractivity contribution in [2.75, 3.05) is 14.1 Å². The van der Waals surface area contributed by atoms with Crippen LogP contribution in [0.1, 0.15) is 25.5 Å². The summed E-state index contributed by atoms with van der Waals surface area (Å²) in [5.41, 5.74) is 0.624. The van der Waals surface area contributed by atoms with Crippen molar-refractivity contribution in [2.45, 2.75) is 19.9 Å². The fraction of sp³-hybridized carbons (Fsp3) is 0.500. The van der Waals surface area contributed by atoms with E-state index in [-0.39, 0.29) is 17.9 Å². The molecule has 98 valence electrons. The Hall–Kier alpha value is -1.47. The molecule has 18 heavy (non-hydrogen) atoms. The van der Waals surface area contributed by atoms with Gasteiger partial charge >= 0.3 is 0 Å². The Morgan fingerprint density at radius 1 is 1.17 bits per heavy atom. The summed E-state index contributed by atoms with van der Waals surface area (Å²) in [5, 5.41) is 9.26. The number of hydrogen-bond acceptors (Lipinski definition) is 2. The summed E-state index contributed by atoms with van der Waals surface area (Å²) < 4.78 is 26.2. The molecule has 0 aromatic heterocycles. The van der Waals surface area contributed by atoms with Crippen LogP contribution >= 0.6 is 0 Å². The van der Waals surface area contributed by atoms with Gasteiger partial charge in [-0.1, -0.05) is 19.9 Å². The van der Waals surface area contributed by atoms with Crippen molar-refractivity contribution in [3.05, 3.63) is 35.4 Å². The standard InChI is InChI=1S/C14H18F2N2/c1-9(2)11(8-17)14(18(3)4)10-5-6-12(15)13(16)7-10/h5-7,9,11,14H,1-4H3. The molecule has 0 fully saturated rings. The third kappa shape index (κ3) is 3.05. The second-order valence-electron chi connectivity index (χ2n) is 4.98. The molecule has 0 aliphatic carbocycles. The van der Waals surface area contributed by atoms with Gasteiger partial charge in [-0.15, -0.1) is 0 Å². The second-order valence-corrected chi connectivity index (χ2v) is 4.98. The quantitative estimate of drug-likeness (QED) is 0.821. The fourth-order valence-electron chi connectivity index (χ4n) is 2.11. The lowest BCUT2D eigenvalue weighted by Gasteiger charge is -2.31. The molecule has 1 aromatic carbocycles. The van der Waals surface area contributed by atoms with Crippen LogP contribution in [0, 0.1) is 34.8 Å². The molecule has 0 radical (unpaired) electrons. The molecule has 0 spiro atoms. The normalized spacial score (nSPS) is 14.6.